The number of hydrogen-bond acceptors (Lipinski definition) is 4. The second kappa shape index (κ2) is 3.60. The van der Waals surface area contributed by atoms with Crippen molar-refractivity contribution >= 4 is 42.1 Å². The molecular weight excluding hydrogens is 286 g/mol. The first kappa shape index (κ1) is 10.1. The normalized spacial score (nSPS) is 19.2. The van der Waals surface area contributed by atoms with Crippen molar-refractivity contribution in [3.05, 3.63) is 32.4 Å². The Balaban J connectivity index is 2.25. The number of aliphatic imine (C=N–C) groups is 1. The molecule has 0 unspecified atom stereocenters. The summed E-state index contributed by atoms with van der Waals surface area (Å²) in [6.45, 7) is 0. The molecule has 0 atom stereocenters. The SMILES string of the molecule is O=S1(=O)C(Br)=CN=C1Cc1cccs1. The van der Waals surface area contributed by atoms with Gasteiger partial charge in [0.25, 0.3) is 0 Å². The fourth-order valence-corrected chi connectivity index (χ4v) is 3.49. The zero-order valence-corrected chi connectivity index (χ0v) is 10.2. The Morgan fingerprint density at radius 1 is 1.50 bits per heavy atom. The van der Waals surface area contributed by atoms with E-state index in [2.05, 4.69) is 20.9 Å². The van der Waals surface area contributed by atoms with Gasteiger partial charge in [-0.1, -0.05) is 6.07 Å². The van der Waals surface area contributed by atoms with Crippen LogP contribution in [0.5, 0.6) is 0 Å². The van der Waals surface area contributed by atoms with Gasteiger partial charge < -0.3 is 0 Å². The van der Waals surface area contributed by atoms with Crippen molar-refractivity contribution in [2.75, 3.05) is 0 Å². The molecule has 1 aromatic rings. The smallest absolute Gasteiger partial charge is 0.228 e. The van der Waals surface area contributed by atoms with Crippen molar-refractivity contribution < 1.29 is 8.42 Å². The monoisotopic (exact) mass is 291 g/mol. The Morgan fingerprint density at radius 2 is 2.29 bits per heavy atom. The fraction of sp³-hybridized carbons (Fsp3) is 0.125. The van der Waals surface area contributed by atoms with Crippen LogP contribution in [0.15, 0.2) is 32.5 Å². The van der Waals surface area contributed by atoms with Gasteiger partial charge in [0.05, 0.1) is 6.20 Å². The molecule has 14 heavy (non-hydrogen) atoms. The third kappa shape index (κ3) is 1.69. The van der Waals surface area contributed by atoms with E-state index in [1.165, 1.54) is 17.5 Å². The summed E-state index contributed by atoms with van der Waals surface area (Å²) in [7, 11) is -3.31. The predicted molar refractivity (Wildman–Crippen MR) is 61.4 cm³/mol. The van der Waals surface area contributed by atoms with Crippen LogP contribution in [0, 0.1) is 0 Å². The number of sulfone groups is 1. The Hall–Kier alpha value is -0.460. The zero-order chi connectivity index (χ0) is 10.2. The minimum absolute atomic E-state index is 0.150. The number of hydrogen-bond donors (Lipinski definition) is 0. The van der Waals surface area contributed by atoms with Crippen LogP contribution in [-0.2, 0) is 16.3 Å². The molecule has 6 heteroatoms. The maximum atomic E-state index is 11.6. The van der Waals surface area contributed by atoms with Crippen LogP contribution in [0.2, 0.25) is 0 Å². The summed E-state index contributed by atoms with van der Waals surface area (Å²) in [5.74, 6) is 0. The fourth-order valence-electron chi connectivity index (χ4n) is 1.08. The quantitative estimate of drug-likeness (QED) is 0.839. The van der Waals surface area contributed by atoms with Gasteiger partial charge in [-0.15, -0.1) is 11.3 Å². The molecule has 0 amide bonds. The second-order valence-corrected chi connectivity index (χ2v) is 7.05. The van der Waals surface area contributed by atoms with E-state index < -0.39 is 9.84 Å². The van der Waals surface area contributed by atoms with E-state index in [0.717, 1.165) is 4.88 Å². The molecule has 0 saturated carbocycles. The first-order chi connectivity index (χ1) is 6.60. The maximum Gasteiger partial charge on any atom is 0.228 e. The Labute approximate surface area is 94.2 Å². The minimum atomic E-state index is -3.31. The van der Waals surface area contributed by atoms with Crippen LogP contribution in [0.1, 0.15) is 4.88 Å². The second-order valence-electron chi connectivity index (χ2n) is 2.72. The highest BCUT2D eigenvalue weighted by Gasteiger charge is 2.27. The third-order valence-corrected chi connectivity index (χ3v) is 5.63. The number of halogens is 1. The average molecular weight is 292 g/mol. The molecule has 0 bridgehead atoms. The van der Waals surface area contributed by atoms with Gasteiger partial charge in [0, 0.05) is 11.3 Å². The molecule has 0 saturated heterocycles. The van der Waals surface area contributed by atoms with Crippen molar-refractivity contribution in [3.8, 4) is 0 Å². The van der Waals surface area contributed by atoms with Gasteiger partial charge in [-0.05, 0) is 27.4 Å². The lowest BCUT2D eigenvalue weighted by Crippen LogP contribution is -2.12. The van der Waals surface area contributed by atoms with Gasteiger partial charge in [-0.3, -0.25) is 0 Å². The van der Waals surface area contributed by atoms with E-state index in [4.69, 9.17) is 0 Å². The number of nitrogens with zero attached hydrogens (tertiary/aromatic N) is 1. The molecule has 0 N–H and O–H groups in total. The molecule has 3 nitrogen and oxygen atoms in total. The molecule has 0 spiro atoms. The molecule has 0 radical (unpaired) electrons. The van der Waals surface area contributed by atoms with Crippen LogP contribution in [0.4, 0.5) is 0 Å². The molecule has 1 aromatic heterocycles. The van der Waals surface area contributed by atoms with Crippen LogP contribution in [-0.4, -0.2) is 13.5 Å². The lowest BCUT2D eigenvalue weighted by molar-refractivity contribution is 0.614. The molecule has 2 heterocycles. The van der Waals surface area contributed by atoms with E-state index >= 15 is 0 Å². The summed E-state index contributed by atoms with van der Waals surface area (Å²) in [4.78, 5) is 4.87. The third-order valence-electron chi connectivity index (χ3n) is 1.78. The predicted octanol–water partition coefficient (Wildman–Crippen LogP) is 2.31. The average Bonchev–Trinajstić information content (AvgIpc) is 2.70. The summed E-state index contributed by atoms with van der Waals surface area (Å²) < 4.78 is 23.3. The van der Waals surface area contributed by atoms with Crippen LogP contribution < -0.4 is 0 Å². The van der Waals surface area contributed by atoms with Gasteiger partial charge in [-0.25, -0.2) is 13.4 Å². The Kier molecular flexibility index (Phi) is 2.59. The Bertz CT molecular complexity index is 499. The first-order valence-electron chi connectivity index (χ1n) is 3.80. The maximum absolute atomic E-state index is 11.6. The molecular formula is C8H6BrNO2S2. The molecule has 0 fully saturated rings. The largest absolute Gasteiger partial charge is 0.246 e. The van der Waals surface area contributed by atoms with E-state index in [9.17, 15) is 8.42 Å². The molecule has 1 aliphatic rings. The van der Waals surface area contributed by atoms with Crippen LogP contribution in [0.3, 0.4) is 0 Å². The highest BCUT2D eigenvalue weighted by atomic mass is 79.9. The molecule has 0 aromatic carbocycles. The number of thiophene rings is 1. The van der Waals surface area contributed by atoms with E-state index in [0.29, 0.717) is 6.42 Å². The van der Waals surface area contributed by atoms with Gasteiger partial charge in [0.2, 0.25) is 9.84 Å². The summed E-state index contributed by atoms with van der Waals surface area (Å²) in [6, 6.07) is 3.79. The molecule has 2 rings (SSSR count). The van der Waals surface area contributed by atoms with Gasteiger partial charge in [-0.2, -0.15) is 0 Å². The highest BCUT2D eigenvalue weighted by molar-refractivity contribution is 9.14. The van der Waals surface area contributed by atoms with Gasteiger partial charge in [0.15, 0.2) is 0 Å². The van der Waals surface area contributed by atoms with Crippen molar-refractivity contribution in [1.82, 2.24) is 0 Å². The first-order valence-corrected chi connectivity index (χ1v) is 6.96. The highest BCUT2D eigenvalue weighted by Crippen LogP contribution is 2.25. The van der Waals surface area contributed by atoms with Crippen molar-refractivity contribution in [2.24, 2.45) is 4.99 Å². The zero-order valence-electron chi connectivity index (χ0n) is 6.97. The van der Waals surface area contributed by atoms with Crippen LogP contribution in [0.25, 0.3) is 0 Å². The molecule has 1 aliphatic heterocycles. The minimum Gasteiger partial charge on any atom is -0.246 e. The Morgan fingerprint density at radius 3 is 2.79 bits per heavy atom. The van der Waals surface area contributed by atoms with Gasteiger partial charge in [0.1, 0.15) is 8.86 Å². The standard InChI is InChI=1S/C8H6BrNO2S2/c9-7-5-10-8(14(7,11)12)4-6-2-1-3-13-6/h1-3,5H,4H2. The van der Waals surface area contributed by atoms with Crippen molar-refractivity contribution in [2.45, 2.75) is 6.42 Å². The van der Waals surface area contributed by atoms with E-state index in [-0.39, 0.29) is 8.86 Å². The lowest BCUT2D eigenvalue weighted by atomic mass is 10.4. The van der Waals surface area contributed by atoms with E-state index in [1.54, 1.807) is 0 Å². The summed E-state index contributed by atoms with van der Waals surface area (Å²) >= 11 is 4.49. The molecule has 0 aliphatic carbocycles. The van der Waals surface area contributed by atoms with E-state index in [1.807, 2.05) is 17.5 Å². The molecule has 74 valence electrons. The summed E-state index contributed by atoms with van der Waals surface area (Å²) in [5, 5.41) is 2.13. The van der Waals surface area contributed by atoms with Crippen molar-refractivity contribution in [1.29, 1.82) is 0 Å². The van der Waals surface area contributed by atoms with Crippen molar-refractivity contribution in [3.63, 3.8) is 0 Å². The summed E-state index contributed by atoms with van der Waals surface area (Å²) in [6.07, 6.45) is 1.71. The topological polar surface area (TPSA) is 46.5 Å². The van der Waals surface area contributed by atoms with Crippen LogP contribution >= 0.6 is 27.3 Å². The van der Waals surface area contributed by atoms with Gasteiger partial charge >= 0.3 is 0 Å². The number of rotatable bonds is 2. The summed E-state index contributed by atoms with van der Waals surface area (Å²) in [5.41, 5.74) is 0. The lowest BCUT2D eigenvalue weighted by Gasteiger charge is -1.98.